The predicted octanol–water partition coefficient (Wildman–Crippen LogP) is 3.66. The van der Waals surface area contributed by atoms with Gasteiger partial charge in [-0.15, -0.1) is 0 Å². The average Bonchev–Trinajstić information content (AvgIpc) is 3.58. The lowest BCUT2D eigenvalue weighted by atomic mass is 9.52. The minimum Gasteiger partial charge on any atom is -0.508 e. The molecule has 5 rings (SSSR count). The average molecular weight is 497 g/mol. The number of phenolic OH excluding ortho intramolecular Hbond substituents is 2. The van der Waals surface area contributed by atoms with Crippen LogP contribution in [0.15, 0.2) is 48.5 Å². The Morgan fingerprint density at radius 3 is 1.42 bits per heavy atom. The highest BCUT2D eigenvalue weighted by molar-refractivity contribution is 5.85. The van der Waals surface area contributed by atoms with Crippen LogP contribution in [0.2, 0.25) is 0 Å². The molecule has 1 aliphatic carbocycles. The molecule has 3 fully saturated rings. The molecule has 36 heavy (non-hydrogen) atoms. The normalized spacial score (nSPS) is 29.4. The molecule has 2 unspecified atom stereocenters. The van der Waals surface area contributed by atoms with E-state index in [2.05, 4.69) is 0 Å². The van der Waals surface area contributed by atoms with Crippen molar-refractivity contribution >= 4 is 11.9 Å². The van der Waals surface area contributed by atoms with Crippen molar-refractivity contribution in [2.45, 2.75) is 49.7 Å². The van der Waals surface area contributed by atoms with Crippen LogP contribution in [0.4, 0.5) is 0 Å². The minimum atomic E-state index is -0.638. The predicted molar refractivity (Wildman–Crippen MR) is 129 cm³/mol. The third-order valence-corrected chi connectivity index (χ3v) is 7.52. The fourth-order valence-corrected chi connectivity index (χ4v) is 5.65. The van der Waals surface area contributed by atoms with Crippen molar-refractivity contribution in [3.05, 3.63) is 59.7 Å². The molecule has 0 aromatic heterocycles. The lowest BCUT2D eigenvalue weighted by Crippen LogP contribution is -2.52. The first-order chi connectivity index (χ1) is 17.5. The second-order valence-corrected chi connectivity index (χ2v) is 9.82. The summed E-state index contributed by atoms with van der Waals surface area (Å²) in [5.74, 6) is -2.85. The zero-order chi connectivity index (χ0) is 25.1. The molecule has 0 radical (unpaired) electrons. The molecule has 8 nitrogen and oxygen atoms in total. The second-order valence-electron chi connectivity index (χ2n) is 9.82. The van der Waals surface area contributed by atoms with Crippen molar-refractivity contribution in [1.29, 1.82) is 0 Å². The number of hydrogen-bond donors (Lipinski definition) is 2. The molecule has 2 aromatic rings. The first-order valence-corrected chi connectivity index (χ1v) is 12.7. The van der Waals surface area contributed by atoms with Gasteiger partial charge < -0.3 is 29.2 Å². The molecule has 0 amide bonds. The van der Waals surface area contributed by atoms with Gasteiger partial charge in [-0.25, -0.2) is 0 Å². The summed E-state index contributed by atoms with van der Waals surface area (Å²) in [6.45, 7) is 1.68. The maximum absolute atomic E-state index is 13.5. The molecule has 2 aliphatic heterocycles. The van der Waals surface area contributed by atoms with Crippen LogP contribution in [0, 0.1) is 11.8 Å². The van der Waals surface area contributed by atoms with Crippen LogP contribution in [0.1, 0.15) is 48.6 Å². The molecule has 192 valence electrons. The number of phenols is 2. The zero-order valence-corrected chi connectivity index (χ0v) is 20.1. The van der Waals surface area contributed by atoms with Gasteiger partial charge in [0.15, 0.2) is 0 Å². The van der Waals surface area contributed by atoms with Crippen LogP contribution >= 0.6 is 0 Å². The largest absolute Gasteiger partial charge is 0.508 e. The van der Waals surface area contributed by atoms with Crippen molar-refractivity contribution in [2.24, 2.45) is 11.8 Å². The number of aromatic hydroxyl groups is 2. The zero-order valence-electron chi connectivity index (χ0n) is 20.1. The summed E-state index contributed by atoms with van der Waals surface area (Å²) < 4.78 is 22.6. The fraction of sp³-hybridized carbons (Fsp3) is 0.500. The van der Waals surface area contributed by atoms with E-state index in [0.29, 0.717) is 13.2 Å². The van der Waals surface area contributed by atoms with Crippen LogP contribution in [0.3, 0.4) is 0 Å². The van der Waals surface area contributed by atoms with Crippen molar-refractivity contribution in [1.82, 2.24) is 0 Å². The Bertz CT molecular complexity index is 945. The van der Waals surface area contributed by atoms with Gasteiger partial charge in [-0.2, -0.15) is 0 Å². The maximum atomic E-state index is 13.5. The number of carbonyl (C=O) groups excluding carboxylic acids is 2. The Hall–Kier alpha value is -3.10. The van der Waals surface area contributed by atoms with E-state index < -0.39 is 35.6 Å². The van der Waals surface area contributed by atoms with E-state index in [-0.39, 0.29) is 36.9 Å². The molecular formula is C28H32O8. The lowest BCUT2D eigenvalue weighted by Gasteiger charge is -2.49. The molecule has 2 saturated heterocycles. The van der Waals surface area contributed by atoms with Crippen molar-refractivity contribution < 1.29 is 38.7 Å². The van der Waals surface area contributed by atoms with E-state index in [1.807, 2.05) is 0 Å². The van der Waals surface area contributed by atoms with E-state index >= 15 is 0 Å². The van der Waals surface area contributed by atoms with Crippen LogP contribution in [-0.2, 0) is 28.5 Å². The van der Waals surface area contributed by atoms with Crippen molar-refractivity contribution in [3.63, 3.8) is 0 Å². The minimum absolute atomic E-state index is 0.100. The van der Waals surface area contributed by atoms with E-state index in [1.54, 1.807) is 48.5 Å². The van der Waals surface area contributed by atoms with Gasteiger partial charge in [0.25, 0.3) is 0 Å². The summed E-state index contributed by atoms with van der Waals surface area (Å²) in [6.07, 6.45) is 3.35. The van der Waals surface area contributed by atoms with Crippen LogP contribution < -0.4 is 0 Å². The summed E-state index contributed by atoms with van der Waals surface area (Å²) in [4.78, 5) is 26.9. The van der Waals surface area contributed by atoms with Crippen LogP contribution in [-0.4, -0.2) is 60.8 Å². The highest BCUT2D eigenvalue weighted by Crippen LogP contribution is 2.58. The third kappa shape index (κ3) is 5.20. The quantitative estimate of drug-likeness (QED) is 0.533. The molecule has 0 spiro atoms. The number of ether oxygens (including phenoxy) is 4. The fourth-order valence-electron chi connectivity index (χ4n) is 5.65. The number of rotatable bonds is 8. The van der Waals surface area contributed by atoms with Gasteiger partial charge in [0, 0.05) is 25.0 Å². The Kier molecular flexibility index (Phi) is 7.43. The van der Waals surface area contributed by atoms with E-state index in [4.69, 9.17) is 18.9 Å². The smallest absolute Gasteiger partial charge is 0.310 e. The summed E-state index contributed by atoms with van der Waals surface area (Å²) in [5.41, 5.74) is 1.50. The van der Waals surface area contributed by atoms with E-state index in [9.17, 15) is 19.8 Å². The second kappa shape index (κ2) is 10.9. The highest BCUT2D eigenvalue weighted by Gasteiger charge is 2.59. The monoisotopic (exact) mass is 496 g/mol. The standard InChI is InChI=1S/C28H32O8/c29-19-9-5-17(6-10-19)23-25(27(31)35-15-21-3-1-13-33-21)24(18-7-11-20(30)12-8-18)26(23)28(32)36-16-22-4-2-14-34-22/h5-12,21-26,29-30H,1-4,13-16H2. The third-order valence-electron chi connectivity index (χ3n) is 7.52. The van der Waals surface area contributed by atoms with Gasteiger partial charge in [0.2, 0.25) is 0 Å². The van der Waals surface area contributed by atoms with E-state index in [0.717, 1.165) is 36.8 Å². The Morgan fingerprint density at radius 2 is 1.08 bits per heavy atom. The SMILES string of the molecule is O=C(OCC1CCCO1)C1C(c2ccc(O)cc2)C(C(=O)OCC2CCCO2)C1c1ccc(O)cc1. The Labute approximate surface area is 210 Å². The summed E-state index contributed by atoms with van der Waals surface area (Å²) in [6, 6.07) is 13.1. The molecule has 3 aliphatic rings. The van der Waals surface area contributed by atoms with E-state index in [1.165, 1.54) is 0 Å². The summed E-state index contributed by atoms with van der Waals surface area (Å²) in [7, 11) is 0. The molecule has 1 saturated carbocycles. The van der Waals surface area contributed by atoms with Gasteiger partial charge in [-0.3, -0.25) is 9.59 Å². The van der Waals surface area contributed by atoms with Crippen LogP contribution in [0.25, 0.3) is 0 Å². The van der Waals surface area contributed by atoms with Gasteiger partial charge >= 0.3 is 11.9 Å². The molecule has 0 bridgehead atoms. The van der Waals surface area contributed by atoms with Crippen molar-refractivity contribution in [2.75, 3.05) is 26.4 Å². The maximum Gasteiger partial charge on any atom is 0.310 e. The molecule has 2 aromatic carbocycles. The Morgan fingerprint density at radius 1 is 0.694 bits per heavy atom. The summed E-state index contributed by atoms with van der Waals surface area (Å²) >= 11 is 0. The highest BCUT2D eigenvalue weighted by atomic mass is 16.6. The molecule has 2 atom stereocenters. The first kappa shape index (κ1) is 24.6. The lowest BCUT2D eigenvalue weighted by molar-refractivity contribution is -0.170. The number of hydrogen-bond acceptors (Lipinski definition) is 8. The van der Waals surface area contributed by atoms with Gasteiger partial charge in [0.05, 0.1) is 24.0 Å². The van der Waals surface area contributed by atoms with Gasteiger partial charge in [-0.05, 0) is 61.1 Å². The number of carbonyl (C=O) groups is 2. The van der Waals surface area contributed by atoms with Gasteiger partial charge in [0.1, 0.15) is 24.7 Å². The molecule has 2 heterocycles. The summed E-state index contributed by atoms with van der Waals surface area (Å²) in [5, 5.41) is 19.6. The Balaban J connectivity index is 1.43. The number of benzene rings is 2. The molecular weight excluding hydrogens is 464 g/mol. The van der Waals surface area contributed by atoms with Gasteiger partial charge in [-0.1, -0.05) is 24.3 Å². The topological polar surface area (TPSA) is 112 Å². The van der Waals surface area contributed by atoms with Crippen molar-refractivity contribution in [3.8, 4) is 11.5 Å². The number of esters is 2. The first-order valence-electron chi connectivity index (χ1n) is 12.7. The van der Waals surface area contributed by atoms with Crippen LogP contribution in [0.5, 0.6) is 11.5 Å². The molecule has 8 heteroatoms. The molecule has 2 N–H and O–H groups in total.